The Bertz CT molecular complexity index is 391. The minimum absolute atomic E-state index is 0.0264. The molecule has 0 aliphatic carbocycles. The van der Waals surface area contributed by atoms with Gasteiger partial charge in [-0.05, 0) is 40.3 Å². The van der Waals surface area contributed by atoms with Crippen LogP contribution < -0.4 is 4.90 Å². The monoisotopic (exact) mass is 291 g/mol. The highest BCUT2D eigenvalue weighted by Gasteiger charge is 2.26. The molecule has 0 N–H and O–H groups in total. The number of benzene rings is 1. The van der Waals surface area contributed by atoms with Crippen molar-refractivity contribution in [2.24, 2.45) is 0 Å². The summed E-state index contributed by atoms with van der Waals surface area (Å²) >= 11 is 2.04. The zero-order valence-corrected chi connectivity index (χ0v) is 9.13. The van der Waals surface area contributed by atoms with Crippen LogP contribution in [-0.2, 0) is 11.2 Å². The molecule has 0 spiro atoms. The first-order chi connectivity index (χ1) is 6.09. The van der Waals surface area contributed by atoms with Crippen LogP contribution >= 0.6 is 22.6 Å². The number of carbonyl (C=O) groups excluding carboxylic acids is 1. The molecule has 2 rings (SSSR count). The van der Waals surface area contributed by atoms with Crippen molar-refractivity contribution in [1.82, 2.24) is 0 Å². The maximum absolute atomic E-state index is 12.9. The summed E-state index contributed by atoms with van der Waals surface area (Å²) in [5.74, 6) is -0.246. The van der Waals surface area contributed by atoms with Gasteiger partial charge in [-0.2, -0.15) is 0 Å². The number of anilines is 1. The summed E-state index contributed by atoms with van der Waals surface area (Å²) in [6.45, 7) is 0. The number of nitrogens with zero attached hydrogens (tertiary/aromatic N) is 1. The highest BCUT2D eigenvalue weighted by molar-refractivity contribution is 14.1. The van der Waals surface area contributed by atoms with E-state index in [4.69, 9.17) is 0 Å². The van der Waals surface area contributed by atoms with Crippen LogP contribution in [0, 0.1) is 9.39 Å². The van der Waals surface area contributed by atoms with E-state index in [9.17, 15) is 9.18 Å². The second-order valence-electron chi connectivity index (χ2n) is 3.02. The summed E-state index contributed by atoms with van der Waals surface area (Å²) in [4.78, 5) is 12.9. The zero-order valence-electron chi connectivity index (χ0n) is 6.97. The van der Waals surface area contributed by atoms with Gasteiger partial charge in [0.1, 0.15) is 5.82 Å². The number of carbonyl (C=O) groups is 1. The van der Waals surface area contributed by atoms with Crippen molar-refractivity contribution in [1.29, 1.82) is 0 Å². The lowest BCUT2D eigenvalue weighted by molar-refractivity contribution is -0.117. The third-order valence-electron chi connectivity index (χ3n) is 2.16. The Kier molecular flexibility index (Phi) is 2.02. The highest BCUT2D eigenvalue weighted by atomic mass is 127. The molecule has 1 aliphatic rings. The van der Waals surface area contributed by atoms with Crippen LogP contribution in [0.2, 0.25) is 0 Å². The van der Waals surface area contributed by atoms with Gasteiger partial charge in [-0.3, -0.25) is 4.79 Å². The van der Waals surface area contributed by atoms with E-state index < -0.39 is 0 Å². The molecule has 0 aromatic heterocycles. The van der Waals surface area contributed by atoms with E-state index in [1.807, 2.05) is 22.6 Å². The van der Waals surface area contributed by atoms with Crippen LogP contribution in [0.3, 0.4) is 0 Å². The van der Waals surface area contributed by atoms with E-state index in [2.05, 4.69) is 0 Å². The minimum atomic E-state index is -0.272. The third-order valence-corrected chi connectivity index (χ3v) is 2.98. The average Bonchev–Trinajstić information content (AvgIpc) is 2.27. The predicted molar refractivity (Wildman–Crippen MR) is 56.2 cm³/mol. The van der Waals surface area contributed by atoms with Gasteiger partial charge in [-0.25, -0.2) is 4.39 Å². The lowest BCUT2D eigenvalue weighted by Gasteiger charge is -2.11. The van der Waals surface area contributed by atoms with Crippen molar-refractivity contribution in [3.8, 4) is 0 Å². The summed E-state index contributed by atoms with van der Waals surface area (Å²) < 4.78 is 13.7. The first kappa shape index (κ1) is 8.93. The maximum Gasteiger partial charge on any atom is 0.231 e. The van der Waals surface area contributed by atoms with Gasteiger partial charge in [0, 0.05) is 10.6 Å². The van der Waals surface area contributed by atoms with Crippen molar-refractivity contribution in [3.63, 3.8) is 0 Å². The van der Waals surface area contributed by atoms with E-state index in [0.717, 1.165) is 14.8 Å². The Morgan fingerprint density at radius 2 is 2.23 bits per heavy atom. The molecule has 1 heterocycles. The van der Waals surface area contributed by atoms with Crippen molar-refractivity contribution < 1.29 is 9.18 Å². The topological polar surface area (TPSA) is 20.3 Å². The predicted octanol–water partition coefficient (Wildman–Crippen LogP) is 1.95. The Hall–Kier alpha value is -0.650. The smallest absolute Gasteiger partial charge is 0.231 e. The fraction of sp³-hybridized carbons (Fsp3) is 0.222. The van der Waals surface area contributed by atoms with Crippen LogP contribution in [-0.4, -0.2) is 13.0 Å². The zero-order chi connectivity index (χ0) is 9.59. The molecule has 0 unspecified atom stereocenters. The minimum Gasteiger partial charge on any atom is -0.314 e. The van der Waals surface area contributed by atoms with Gasteiger partial charge in [0.25, 0.3) is 0 Å². The number of likely N-dealkylation sites (N-methyl/N-ethyl adjacent to an activating group) is 1. The summed E-state index contributed by atoms with van der Waals surface area (Å²) in [6, 6.07) is 2.87. The van der Waals surface area contributed by atoms with Crippen molar-refractivity contribution in [3.05, 3.63) is 27.1 Å². The van der Waals surface area contributed by atoms with Crippen molar-refractivity contribution >= 4 is 34.2 Å². The maximum atomic E-state index is 12.9. The van der Waals surface area contributed by atoms with Crippen LogP contribution in [0.4, 0.5) is 10.1 Å². The van der Waals surface area contributed by atoms with E-state index in [1.54, 1.807) is 11.9 Å². The van der Waals surface area contributed by atoms with Crippen LogP contribution in [0.5, 0.6) is 0 Å². The molecule has 0 bridgehead atoms. The molecule has 0 atom stereocenters. The number of fused-ring (bicyclic) bond motifs is 1. The van der Waals surface area contributed by atoms with Gasteiger partial charge in [0.15, 0.2) is 0 Å². The molecular weight excluding hydrogens is 284 g/mol. The average molecular weight is 291 g/mol. The molecule has 4 heteroatoms. The quantitative estimate of drug-likeness (QED) is 0.669. The number of hydrogen-bond acceptors (Lipinski definition) is 1. The summed E-state index contributed by atoms with van der Waals surface area (Å²) in [7, 11) is 1.72. The van der Waals surface area contributed by atoms with Crippen LogP contribution in [0.25, 0.3) is 0 Å². The summed E-state index contributed by atoms with van der Waals surface area (Å²) in [6.07, 6.45) is 0.319. The molecule has 1 amide bonds. The molecule has 2 nitrogen and oxygen atoms in total. The van der Waals surface area contributed by atoms with Gasteiger partial charge in [0.2, 0.25) is 5.91 Å². The molecule has 1 aromatic rings. The molecule has 0 fully saturated rings. The molecule has 0 saturated carbocycles. The fourth-order valence-electron chi connectivity index (χ4n) is 1.54. The van der Waals surface area contributed by atoms with Gasteiger partial charge in [-0.1, -0.05) is 0 Å². The number of hydrogen-bond donors (Lipinski definition) is 0. The number of halogens is 2. The first-order valence-electron chi connectivity index (χ1n) is 3.84. The van der Waals surface area contributed by atoms with Crippen molar-refractivity contribution in [2.75, 3.05) is 11.9 Å². The van der Waals surface area contributed by atoms with Gasteiger partial charge in [-0.15, -0.1) is 0 Å². The molecule has 1 aromatic carbocycles. The second-order valence-corrected chi connectivity index (χ2v) is 4.19. The van der Waals surface area contributed by atoms with E-state index in [-0.39, 0.29) is 11.7 Å². The van der Waals surface area contributed by atoms with Crippen LogP contribution in [0.1, 0.15) is 5.56 Å². The molecule has 13 heavy (non-hydrogen) atoms. The van der Waals surface area contributed by atoms with Gasteiger partial charge in [0.05, 0.1) is 12.1 Å². The van der Waals surface area contributed by atoms with Gasteiger partial charge < -0.3 is 4.90 Å². The molecule has 0 saturated heterocycles. The first-order valence-corrected chi connectivity index (χ1v) is 4.92. The Labute approximate surface area is 88.9 Å². The van der Waals surface area contributed by atoms with E-state index in [1.165, 1.54) is 12.1 Å². The lowest BCUT2D eigenvalue weighted by atomic mass is 10.1. The Morgan fingerprint density at radius 1 is 1.54 bits per heavy atom. The summed E-state index contributed by atoms with van der Waals surface area (Å²) in [5.41, 5.74) is 1.64. The molecule has 0 radical (unpaired) electrons. The Morgan fingerprint density at radius 3 is 2.92 bits per heavy atom. The second kappa shape index (κ2) is 2.94. The highest BCUT2D eigenvalue weighted by Crippen LogP contribution is 2.33. The van der Waals surface area contributed by atoms with E-state index in [0.29, 0.717) is 6.42 Å². The summed E-state index contributed by atoms with van der Waals surface area (Å²) in [5, 5.41) is 0. The van der Waals surface area contributed by atoms with Crippen molar-refractivity contribution in [2.45, 2.75) is 6.42 Å². The molecular formula is C9H7FINO. The normalized spacial score (nSPS) is 15.0. The SMILES string of the molecule is CN1C(=O)Cc2cc(F)cc(I)c21. The number of rotatable bonds is 0. The lowest BCUT2D eigenvalue weighted by Crippen LogP contribution is -2.21. The molecule has 68 valence electrons. The van der Waals surface area contributed by atoms with E-state index >= 15 is 0 Å². The molecule has 1 aliphatic heterocycles. The number of amides is 1. The third kappa shape index (κ3) is 1.33. The van der Waals surface area contributed by atoms with Gasteiger partial charge >= 0.3 is 0 Å². The standard InChI is InChI=1S/C9H7FINO/c1-12-8(13)3-5-2-6(10)4-7(11)9(5)12/h2,4H,3H2,1H3. The Balaban J connectivity index is 2.64. The largest absolute Gasteiger partial charge is 0.314 e. The fourth-order valence-corrected chi connectivity index (χ4v) is 2.54. The van der Waals surface area contributed by atoms with Crippen LogP contribution in [0.15, 0.2) is 12.1 Å².